The van der Waals surface area contributed by atoms with E-state index >= 15 is 0 Å². The van der Waals surface area contributed by atoms with E-state index in [2.05, 4.69) is 23.6 Å². The molecule has 0 spiro atoms. The summed E-state index contributed by atoms with van der Waals surface area (Å²) in [6.07, 6.45) is 0.181. The van der Waals surface area contributed by atoms with Crippen LogP contribution in [0.1, 0.15) is 34.1 Å². The highest BCUT2D eigenvalue weighted by Gasteiger charge is 2.36. The predicted molar refractivity (Wildman–Crippen MR) is 62.9 cm³/mol. The summed E-state index contributed by atoms with van der Waals surface area (Å²) < 4.78 is 13.1. The quantitative estimate of drug-likeness (QED) is 0.662. The second-order valence-corrected chi connectivity index (χ2v) is 4.57. The molecule has 0 saturated carbocycles. The number of fused-ring (bicyclic) bond motifs is 1. The predicted octanol–water partition coefficient (Wildman–Crippen LogP) is 2.15. The molecule has 2 saturated heterocycles. The molecule has 0 bridgehead atoms. The minimum Gasteiger partial charge on any atom is -0.298 e. The lowest BCUT2D eigenvalue weighted by molar-refractivity contribution is 0.0823. The van der Waals surface area contributed by atoms with Crippen LogP contribution in [0.15, 0.2) is 0 Å². The molecule has 2 heterocycles. The molecule has 2 fully saturated rings. The number of alkyl halides is 1. The molecule has 2 atom stereocenters. The van der Waals surface area contributed by atoms with Crippen LogP contribution in [0.5, 0.6) is 0 Å². The Balaban J connectivity index is 0.000000531. The first-order valence-electron chi connectivity index (χ1n) is 6.29. The van der Waals surface area contributed by atoms with Gasteiger partial charge in [0.15, 0.2) is 0 Å². The summed E-state index contributed by atoms with van der Waals surface area (Å²) in [6.45, 7) is 12.4. The molecule has 0 aromatic heterocycles. The second kappa shape index (κ2) is 5.80. The minimum atomic E-state index is -0.572. The van der Waals surface area contributed by atoms with Gasteiger partial charge < -0.3 is 0 Å². The van der Waals surface area contributed by atoms with E-state index in [4.69, 9.17) is 0 Å². The summed E-state index contributed by atoms with van der Waals surface area (Å²) in [7, 11) is 0. The van der Waals surface area contributed by atoms with Crippen LogP contribution in [-0.4, -0.2) is 54.2 Å². The molecule has 0 amide bonds. The Labute approximate surface area is 93.4 Å². The number of hydrogen-bond donors (Lipinski definition) is 0. The minimum absolute atomic E-state index is 0.492. The van der Waals surface area contributed by atoms with Crippen molar-refractivity contribution >= 4 is 0 Å². The lowest BCUT2D eigenvalue weighted by atomic mass is 10.1. The third-order valence-electron chi connectivity index (χ3n) is 3.33. The highest BCUT2D eigenvalue weighted by Crippen LogP contribution is 2.24. The van der Waals surface area contributed by atoms with Gasteiger partial charge in [-0.2, -0.15) is 0 Å². The van der Waals surface area contributed by atoms with Crippen LogP contribution in [0.2, 0.25) is 0 Å². The number of nitrogens with zero attached hydrogens (tertiary/aromatic N) is 2. The van der Waals surface area contributed by atoms with E-state index in [1.165, 1.54) is 0 Å². The van der Waals surface area contributed by atoms with Crippen molar-refractivity contribution in [3.05, 3.63) is 0 Å². The molecule has 2 unspecified atom stereocenters. The monoisotopic (exact) mass is 216 g/mol. The lowest BCUT2D eigenvalue weighted by Crippen LogP contribution is -2.52. The smallest absolute Gasteiger partial charge is 0.114 e. The summed E-state index contributed by atoms with van der Waals surface area (Å²) >= 11 is 0. The van der Waals surface area contributed by atoms with Crippen LogP contribution in [-0.2, 0) is 0 Å². The molecule has 0 aromatic rings. The second-order valence-electron chi connectivity index (χ2n) is 4.57. The Hall–Kier alpha value is -0.150. The zero-order chi connectivity index (χ0) is 11.4. The first kappa shape index (κ1) is 12.9. The van der Waals surface area contributed by atoms with Crippen molar-refractivity contribution in [3.8, 4) is 0 Å². The highest BCUT2D eigenvalue weighted by atomic mass is 19.1. The zero-order valence-electron chi connectivity index (χ0n) is 10.5. The highest BCUT2D eigenvalue weighted by molar-refractivity contribution is 4.91. The van der Waals surface area contributed by atoms with Crippen molar-refractivity contribution < 1.29 is 4.39 Å². The van der Waals surface area contributed by atoms with Gasteiger partial charge in [-0.3, -0.25) is 9.80 Å². The van der Waals surface area contributed by atoms with E-state index in [0.717, 1.165) is 26.1 Å². The fourth-order valence-electron chi connectivity index (χ4n) is 2.47. The molecule has 2 aliphatic heterocycles. The van der Waals surface area contributed by atoms with Gasteiger partial charge >= 0.3 is 0 Å². The van der Waals surface area contributed by atoms with Crippen LogP contribution >= 0.6 is 0 Å². The van der Waals surface area contributed by atoms with Crippen molar-refractivity contribution in [2.45, 2.75) is 52.4 Å². The molecule has 2 nitrogen and oxygen atoms in total. The average molecular weight is 216 g/mol. The van der Waals surface area contributed by atoms with E-state index in [-0.39, 0.29) is 0 Å². The van der Waals surface area contributed by atoms with Crippen LogP contribution in [0, 0.1) is 0 Å². The maximum absolute atomic E-state index is 13.1. The van der Waals surface area contributed by atoms with Crippen molar-refractivity contribution in [2.75, 3.05) is 26.2 Å². The third kappa shape index (κ3) is 3.15. The molecule has 90 valence electrons. The van der Waals surface area contributed by atoms with Crippen molar-refractivity contribution in [2.24, 2.45) is 0 Å². The Bertz CT molecular complexity index is 184. The molecular weight excluding hydrogens is 191 g/mol. The summed E-state index contributed by atoms with van der Waals surface area (Å²) in [4.78, 5) is 4.77. The largest absolute Gasteiger partial charge is 0.298 e. The number of piperazine rings is 1. The van der Waals surface area contributed by atoms with Crippen LogP contribution in [0.4, 0.5) is 4.39 Å². The summed E-state index contributed by atoms with van der Waals surface area (Å²) in [5, 5.41) is 0. The molecular formula is C12H25FN2. The van der Waals surface area contributed by atoms with Gasteiger partial charge in [0.25, 0.3) is 0 Å². The maximum atomic E-state index is 13.1. The molecule has 2 aliphatic rings. The molecule has 2 rings (SSSR count). The first-order valence-corrected chi connectivity index (χ1v) is 6.29. The van der Waals surface area contributed by atoms with Gasteiger partial charge in [0, 0.05) is 38.3 Å². The Morgan fingerprint density at radius 1 is 1.13 bits per heavy atom. The van der Waals surface area contributed by atoms with E-state index in [1.54, 1.807) is 0 Å². The van der Waals surface area contributed by atoms with E-state index < -0.39 is 6.17 Å². The van der Waals surface area contributed by atoms with Gasteiger partial charge in [-0.25, -0.2) is 4.39 Å². The third-order valence-corrected chi connectivity index (χ3v) is 3.33. The van der Waals surface area contributed by atoms with E-state index in [0.29, 0.717) is 18.6 Å². The topological polar surface area (TPSA) is 6.48 Å². The maximum Gasteiger partial charge on any atom is 0.114 e. The van der Waals surface area contributed by atoms with Crippen molar-refractivity contribution in [1.29, 1.82) is 0 Å². The van der Waals surface area contributed by atoms with E-state index in [1.807, 2.05) is 13.8 Å². The van der Waals surface area contributed by atoms with Gasteiger partial charge in [-0.05, 0) is 20.3 Å². The molecule has 0 radical (unpaired) electrons. The van der Waals surface area contributed by atoms with Crippen LogP contribution < -0.4 is 0 Å². The fourth-order valence-corrected chi connectivity index (χ4v) is 2.47. The number of hydrogen-bond acceptors (Lipinski definition) is 2. The Morgan fingerprint density at radius 3 is 2.40 bits per heavy atom. The molecule has 15 heavy (non-hydrogen) atoms. The van der Waals surface area contributed by atoms with Crippen molar-refractivity contribution in [3.63, 3.8) is 0 Å². The van der Waals surface area contributed by atoms with E-state index in [9.17, 15) is 4.39 Å². The van der Waals surface area contributed by atoms with Gasteiger partial charge in [0.05, 0.1) is 0 Å². The molecule has 0 N–H and O–H groups in total. The van der Waals surface area contributed by atoms with Gasteiger partial charge in [0.2, 0.25) is 0 Å². The summed E-state index contributed by atoms with van der Waals surface area (Å²) in [6, 6.07) is 1.10. The van der Waals surface area contributed by atoms with Crippen molar-refractivity contribution in [1.82, 2.24) is 9.80 Å². The zero-order valence-corrected chi connectivity index (χ0v) is 10.5. The normalized spacial score (nSPS) is 32.4. The SMILES string of the molecule is CC.CC(C)N1CCN2CC(F)CC2C1. The van der Waals surface area contributed by atoms with Crippen LogP contribution in [0.3, 0.4) is 0 Å². The lowest BCUT2D eigenvalue weighted by Gasteiger charge is -2.39. The molecule has 3 heteroatoms. The van der Waals surface area contributed by atoms with Crippen LogP contribution in [0.25, 0.3) is 0 Å². The molecule has 0 aromatic carbocycles. The summed E-state index contributed by atoms with van der Waals surface area (Å²) in [5.74, 6) is 0. The number of halogens is 1. The Kier molecular flexibility index (Phi) is 5.00. The first-order chi connectivity index (χ1) is 7.16. The van der Waals surface area contributed by atoms with Gasteiger partial charge in [-0.15, -0.1) is 0 Å². The Morgan fingerprint density at radius 2 is 1.80 bits per heavy atom. The molecule has 0 aliphatic carbocycles. The standard InChI is InChI=1S/C10H19FN2.C2H6/c1-8(2)12-3-4-13-6-9(11)5-10(13)7-12;1-2/h8-10H,3-7H2,1-2H3;1-2H3. The fraction of sp³-hybridized carbons (Fsp3) is 1.00. The van der Waals surface area contributed by atoms with Gasteiger partial charge in [-0.1, -0.05) is 13.8 Å². The summed E-state index contributed by atoms with van der Waals surface area (Å²) in [5.41, 5.74) is 0. The average Bonchev–Trinajstić information content (AvgIpc) is 2.59. The van der Waals surface area contributed by atoms with Gasteiger partial charge in [0.1, 0.15) is 6.17 Å². The number of rotatable bonds is 1.